The Morgan fingerprint density at radius 3 is 2.71 bits per heavy atom. The molecule has 0 atom stereocenters. The molecule has 5 nitrogen and oxygen atoms in total. The summed E-state index contributed by atoms with van der Waals surface area (Å²) in [5, 5.41) is 4.85. The molecule has 0 radical (unpaired) electrons. The number of benzene rings is 3. The minimum atomic E-state index is -0.364. The van der Waals surface area contributed by atoms with Crippen molar-refractivity contribution >= 4 is 28.6 Å². The van der Waals surface area contributed by atoms with E-state index in [0.717, 1.165) is 16.8 Å². The Morgan fingerprint density at radius 1 is 1.06 bits per heavy atom. The van der Waals surface area contributed by atoms with E-state index < -0.39 is 0 Å². The van der Waals surface area contributed by atoms with Gasteiger partial charge in [-0.05, 0) is 35.9 Å². The summed E-state index contributed by atoms with van der Waals surface area (Å²) in [4.78, 5) is 17.0. The van der Waals surface area contributed by atoms with Gasteiger partial charge in [0.1, 0.15) is 17.3 Å². The number of anilines is 1. The van der Waals surface area contributed by atoms with E-state index in [4.69, 9.17) is 4.74 Å². The average molecular weight is 431 g/mol. The monoisotopic (exact) mass is 431 g/mol. The van der Waals surface area contributed by atoms with Crippen molar-refractivity contribution in [2.75, 3.05) is 11.9 Å². The van der Waals surface area contributed by atoms with Crippen LogP contribution in [0.2, 0.25) is 0 Å². The molecule has 0 unspecified atom stereocenters. The van der Waals surface area contributed by atoms with E-state index >= 15 is 0 Å². The Kier molecular flexibility index (Phi) is 5.09. The van der Waals surface area contributed by atoms with E-state index in [1.54, 1.807) is 18.2 Å². The normalized spacial score (nSPS) is 13.5. The van der Waals surface area contributed by atoms with Gasteiger partial charge in [-0.3, -0.25) is 4.79 Å². The van der Waals surface area contributed by atoms with Gasteiger partial charge in [-0.1, -0.05) is 42.5 Å². The summed E-state index contributed by atoms with van der Waals surface area (Å²) < 4.78 is 21.8. The molecular formula is C24H18FN3O2S. The molecule has 5 rings (SSSR count). The van der Waals surface area contributed by atoms with Crippen LogP contribution in [0.1, 0.15) is 5.56 Å². The number of fused-ring (bicyclic) bond motifs is 1. The van der Waals surface area contributed by atoms with Crippen LogP contribution in [0, 0.1) is 5.82 Å². The number of hydrogen-bond donors (Lipinski definition) is 1. The minimum absolute atomic E-state index is 0.0183. The lowest BCUT2D eigenvalue weighted by molar-refractivity contribution is -0.118. The van der Waals surface area contributed by atoms with Gasteiger partial charge in [0.2, 0.25) is 0 Å². The van der Waals surface area contributed by atoms with Crippen LogP contribution in [0.15, 0.2) is 83.2 Å². The number of aromatic nitrogens is 1. The molecule has 1 aliphatic rings. The molecule has 154 valence electrons. The lowest BCUT2D eigenvalue weighted by Gasteiger charge is -2.19. The number of para-hydroxylation sites is 1. The highest BCUT2D eigenvalue weighted by molar-refractivity contribution is 7.07. The molecule has 1 N–H and O–H groups in total. The summed E-state index contributed by atoms with van der Waals surface area (Å²) in [7, 11) is 0. The van der Waals surface area contributed by atoms with Gasteiger partial charge in [-0.15, -0.1) is 11.3 Å². The van der Waals surface area contributed by atoms with Crippen molar-refractivity contribution in [2.45, 2.75) is 6.54 Å². The zero-order valence-electron chi connectivity index (χ0n) is 16.4. The molecule has 0 saturated carbocycles. The highest BCUT2D eigenvalue weighted by Gasteiger charge is 2.18. The van der Waals surface area contributed by atoms with Crippen molar-refractivity contribution in [2.24, 2.45) is 4.99 Å². The maximum Gasteiger partial charge on any atom is 0.262 e. The number of rotatable bonds is 4. The second-order valence-electron chi connectivity index (χ2n) is 7.09. The van der Waals surface area contributed by atoms with Crippen LogP contribution in [0.3, 0.4) is 0 Å². The first-order valence-corrected chi connectivity index (χ1v) is 10.6. The zero-order chi connectivity index (χ0) is 21.2. The number of halogens is 1. The van der Waals surface area contributed by atoms with E-state index in [1.165, 1.54) is 17.4 Å². The van der Waals surface area contributed by atoms with E-state index in [2.05, 4.69) is 14.9 Å². The number of nitrogens with one attached hydrogen (secondary N) is 1. The van der Waals surface area contributed by atoms with Crippen molar-refractivity contribution in [3.8, 4) is 17.0 Å². The lowest BCUT2D eigenvalue weighted by atomic mass is 10.1. The topological polar surface area (TPSA) is 55.6 Å². The van der Waals surface area contributed by atoms with Crippen LogP contribution in [0.4, 0.5) is 15.8 Å². The standard InChI is InChI=1S/C24H18FN3O2S/c25-18-8-4-5-9-19(18)27-24-28(13-16-6-2-1-3-7-16)21(15-31-24)17-10-11-22-20(12-17)26-23(29)14-30-22/h1-12,15H,13-14H2,(H,26,29). The maximum atomic E-state index is 14.2. The van der Waals surface area contributed by atoms with Gasteiger partial charge >= 0.3 is 0 Å². The first-order valence-electron chi connectivity index (χ1n) is 9.76. The van der Waals surface area contributed by atoms with E-state index in [9.17, 15) is 9.18 Å². The van der Waals surface area contributed by atoms with Gasteiger partial charge in [-0.25, -0.2) is 9.38 Å². The van der Waals surface area contributed by atoms with Crippen LogP contribution in [0.5, 0.6) is 5.75 Å². The SMILES string of the molecule is O=C1COc2ccc(-c3csc(=Nc4ccccc4F)n3Cc3ccccc3)cc2N1. The first kappa shape index (κ1) is 19.3. The van der Waals surface area contributed by atoms with Crippen LogP contribution < -0.4 is 14.9 Å². The van der Waals surface area contributed by atoms with Gasteiger partial charge in [0.05, 0.1) is 17.9 Å². The van der Waals surface area contributed by atoms with Crippen molar-refractivity contribution in [3.63, 3.8) is 0 Å². The Bertz CT molecular complexity index is 1330. The number of amides is 1. The van der Waals surface area contributed by atoms with Gasteiger partial charge in [0.15, 0.2) is 11.4 Å². The molecular weight excluding hydrogens is 413 g/mol. The Morgan fingerprint density at radius 2 is 1.87 bits per heavy atom. The number of ether oxygens (including phenoxy) is 1. The van der Waals surface area contributed by atoms with Crippen molar-refractivity contribution in [3.05, 3.63) is 94.4 Å². The summed E-state index contributed by atoms with van der Waals surface area (Å²) in [6.07, 6.45) is 0. The molecule has 0 spiro atoms. The fraction of sp³-hybridized carbons (Fsp3) is 0.0833. The lowest BCUT2D eigenvalue weighted by Crippen LogP contribution is -2.25. The zero-order valence-corrected chi connectivity index (χ0v) is 17.2. The van der Waals surface area contributed by atoms with Gasteiger partial charge in [-0.2, -0.15) is 0 Å². The summed E-state index contributed by atoms with van der Waals surface area (Å²) in [6, 6.07) is 22.2. The molecule has 31 heavy (non-hydrogen) atoms. The number of thiazole rings is 1. The van der Waals surface area contributed by atoms with E-state index in [0.29, 0.717) is 28.5 Å². The van der Waals surface area contributed by atoms with Gasteiger partial charge in [0.25, 0.3) is 5.91 Å². The van der Waals surface area contributed by atoms with Crippen molar-refractivity contribution in [1.29, 1.82) is 0 Å². The second-order valence-corrected chi connectivity index (χ2v) is 7.92. The number of carbonyl (C=O) groups excluding carboxylic acids is 1. The molecule has 3 aromatic carbocycles. The molecule has 0 fully saturated rings. The smallest absolute Gasteiger partial charge is 0.262 e. The summed E-state index contributed by atoms with van der Waals surface area (Å²) in [6.45, 7) is 0.595. The van der Waals surface area contributed by atoms with Crippen LogP contribution in [-0.4, -0.2) is 17.1 Å². The van der Waals surface area contributed by atoms with Gasteiger partial charge in [0, 0.05) is 10.9 Å². The van der Waals surface area contributed by atoms with Gasteiger partial charge < -0.3 is 14.6 Å². The molecule has 1 aliphatic heterocycles. The van der Waals surface area contributed by atoms with Crippen LogP contribution in [0.25, 0.3) is 11.3 Å². The molecule has 0 aliphatic carbocycles. The fourth-order valence-electron chi connectivity index (χ4n) is 3.46. The predicted octanol–water partition coefficient (Wildman–Crippen LogP) is 4.97. The molecule has 0 bridgehead atoms. The third-order valence-electron chi connectivity index (χ3n) is 4.96. The first-order chi connectivity index (χ1) is 15.2. The molecule has 1 amide bonds. The van der Waals surface area contributed by atoms with Crippen molar-refractivity contribution < 1.29 is 13.9 Å². The number of nitrogens with zero attached hydrogens (tertiary/aromatic N) is 2. The molecule has 0 saturated heterocycles. The molecule has 2 heterocycles. The van der Waals surface area contributed by atoms with E-state index in [-0.39, 0.29) is 18.3 Å². The average Bonchev–Trinajstić information content (AvgIpc) is 3.17. The largest absolute Gasteiger partial charge is 0.482 e. The highest BCUT2D eigenvalue weighted by Crippen LogP contribution is 2.33. The van der Waals surface area contributed by atoms with Crippen LogP contribution in [-0.2, 0) is 11.3 Å². The minimum Gasteiger partial charge on any atom is -0.482 e. The van der Waals surface area contributed by atoms with Crippen LogP contribution >= 0.6 is 11.3 Å². The molecule has 4 aromatic rings. The summed E-state index contributed by atoms with van der Waals surface area (Å²) in [5.74, 6) is 0.101. The Labute approximate surface area is 182 Å². The van der Waals surface area contributed by atoms with Crippen molar-refractivity contribution in [1.82, 2.24) is 4.57 Å². The maximum absolute atomic E-state index is 14.2. The number of hydrogen-bond acceptors (Lipinski definition) is 4. The highest BCUT2D eigenvalue weighted by atomic mass is 32.1. The summed E-state index contributed by atoms with van der Waals surface area (Å²) >= 11 is 1.44. The Hall–Kier alpha value is -3.71. The second kappa shape index (κ2) is 8.20. The summed E-state index contributed by atoms with van der Waals surface area (Å²) in [5.41, 5.74) is 3.87. The fourth-order valence-corrected chi connectivity index (χ4v) is 4.38. The quantitative estimate of drug-likeness (QED) is 0.496. The van der Waals surface area contributed by atoms with E-state index in [1.807, 2.05) is 53.9 Å². The Balaban J connectivity index is 1.64. The molecule has 7 heteroatoms. The molecule has 1 aromatic heterocycles. The predicted molar refractivity (Wildman–Crippen MR) is 119 cm³/mol. The third-order valence-corrected chi connectivity index (χ3v) is 5.82. The third kappa shape index (κ3) is 4.00. The number of carbonyl (C=O) groups is 1.